The lowest BCUT2D eigenvalue weighted by molar-refractivity contribution is -0.147. The zero-order chi connectivity index (χ0) is 20.4. The van der Waals surface area contributed by atoms with Crippen LogP contribution in [0.5, 0.6) is 0 Å². The molecule has 3 N–H and O–H groups in total. The van der Waals surface area contributed by atoms with Gasteiger partial charge < -0.3 is 30.2 Å². The first-order valence-electron chi connectivity index (χ1n) is 8.99. The summed E-state index contributed by atoms with van der Waals surface area (Å²) < 4.78 is 14.5. The van der Waals surface area contributed by atoms with Gasteiger partial charge in [-0.05, 0) is 20.8 Å². The van der Waals surface area contributed by atoms with Gasteiger partial charge in [0.1, 0.15) is 17.7 Å². The maximum atomic E-state index is 11.9. The molecular formula is C17H32N4O6. The Kier molecular flexibility index (Phi) is 9.47. The zero-order valence-corrected chi connectivity index (χ0v) is 16.8. The van der Waals surface area contributed by atoms with Crippen molar-refractivity contribution < 1.29 is 28.6 Å². The zero-order valence-electron chi connectivity index (χ0n) is 16.8. The molecule has 10 heteroatoms. The van der Waals surface area contributed by atoms with E-state index in [9.17, 15) is 14.4 Å². The van der Waals surface area contributed by atoms with Gasteiger partial charge in [0.05, 0.1) is 14.2 Å². The molecule has 27 heavy (non-hydrogen) atoms. The van der Waals surface area contributed by atoms with Gasteiger partial charge in [0.15, 0.2) is 0 Å². The smallest absolute Gasteiger partial charge is 0.411 e. The van der Waals surface area contributed by atoms with E-state index >= 15 is 0 Å². The van der Waals surface area contributed by atoms with Crippen molar-refractivity contribution in [3.8, 4) is 0 Å². The van der Waals surface area contributed by atoms with E-state index in [4.69, 9.17) is 4.74 Å². The Bertz CT molecular complexity index is 502. The third-order valence-corrected chi connectivity index (χ3v) is 3.87. The number of hydrogen-bond donors (Lipinski definition) is 3. The van der Waals surface area contributed by atoms with E-state index in [0.717, 1.165) is 13.1 Å². The molecule has 0 aromatic carbocycles. The standard InChI is InChI=1S/C11H20N2O4.C6H12N2O2/c1-11(2,3)17-10(15)13-6-5-12-7-8(13)9(14)16-4;1-10-6(9)5-4-7-2-3-8-5/h8,12H,5-7H2,1-4H3;5,7-8H,2-4H2,1H3. The minimum atomic E-state index is -0.608. The van der Waals surface area contributed by atoms with Gasteiger partial charge in [-0.1, -0.05) is 0 Å². The number of carbonyl (C=O) groups excluding carboxylic acids is 3. The van der Waals surface area contributed by atoms with Crippen LogP contribution in [-0.4, -0.2) is 94.1 Å². The molecule has 2 unspecified atom stereocenters. The number of piperazine rings is 2. The van der Waals surface area contributed by atoms with Gasteiger partial charge in [-0.2, -0.15) is 0 Å². The van der Waals surface area contributed by atoms with E-state index in [1.54, 1.807) is 20.8 Å². The maximum absolute atomic E-state index is 11.9. The number of nitrogens with one attached hydrogen (secondary N) is 3. The Morgan fingerprint density at radius 1 is 0.926 bits per heavy atom. The molecule has 0 radical (unpaired) electrons. The van der Waals surface area contributed by atoms with Gasteiger partial charge in [-0.15, -0.1) is 0 Å². The molecule has 156 valence electrons. The number of methoxy groups -OCH3 is 2. The molecule has 10 nitrogen and oxygen atoms in total. The summed E-state index contributed by atoms with van der Waals surface area (Å²) in [6.45, 7) is 9.29. The van der Waals surface area contributed by atoms with Crippen molar-refractivity contribution in [2.75, 3.05) is 53.5 Å². The number of esters is 2. The van der Waals surface area contributed by atoms with Crippen LogP contribution >= 0.6 is 0 Å². The van der Waals surface area contributed by atoms with Crippen molar-refractivity contribution in [2.24, 2.45) is 0 Å². The fourth-order valence-corrected chi connectivity index (χ4v) is 2.55. The van der Waals surface area contributed by atoms with Crippen molar-refractivity contribution in [1.29, 1.82) is 0 Å². The molecule has 0 saturated carbocycles. The van der Waals surface area contributed by atoms with Crippen molar-refractivity contribution in [1.82, 2.24) is 20.9 Å². The molecule has 2 heterocycles. The summed E-state index contributed by atoms with van der Waals surface area (Å²) in [4.78, 5) is 35.7. The molecule has 2 atom stereocenters. The molecule has 1 amide bonds. The summed E-state index contributed by atoms with van der Waals surface area (Å²) in [7, 11) is 2.71. The summed E-state index contributed by atoms with van der Waals surface area (Å²) in [5, 5.41) is 9.17. The second-order valence-electron chi connectivity index (χ2n) is 7.15. The van der Waals surface area contributed by atoms with Crippen molar-refractivity contribution >= 4 is 18.0 Å². The van der Waals surface area contributed by atoms with Crippen LogP contribution in [0, 0.1) is 0 Å². The molecule has 0 aromatic rings. The highest BCUT2D eigenvalue weighted by atomic mass is 16.6. The maximum Gasteiger partial charge on any atom is 0.411 e. The number of rotatable bonds is 2. The van der Waals surface area contributed by atoms with E-state index in [1.807, 2.05) is 0 Å². The van der Waals surface area contributed by atoms with E-state index < -0.39 is 23.7 Å². The van der Waals surface area contributed by atoms with Crippen LogP contribution in [0.4, 0.5) is 4.79 Å². The molecule has 2 fully saturated rings. The van der Waals surface area contributed by atoms with E-state index in [-0.39, 0.29) is 12.0 Å². The van der Waals surface area contributed by atoms with Crippen LogP contribution in [-0.2, 0) is 23.8 Å². The molecule has 2 aliphatic heterocycles. The Balaban J connectivity index is 0.000000309. The Morgan fingerprint density at radius 2 is 1.56 bits per heavy atom. The molecule has 2 aliphatic rings. The normalized spacial score (nSPS) is 22.8. The molecule has 0 aliphatic carbocycles. The van der Waals surface area contributed by atoms with Gasteiger partial charge in [0, 0.05) is 39.3 Å². The van der Waals surface area contributed by atoms with Crippen LogP contribution < -0.4 is 16.0 Å². The van der Waals surface area contributed by atoms with E-state index in [2.05, 4.69) is 25.4 Å². The lowest BCUT2D eigenvalue weighted by Gasteiger charge is -2.35. The van der Waals surface area contributed by atoms with Gasteiger partial charge in [0.2, 0.25) is 0 Å². The Morgan fingerprint density at radius 3 is 2.07 bits per heavy atom. The van der Waals surface area contributed by atoms with Gasteiger partial charge in [-0.3, -0.25) is 9.69 Å². The summed E-state index contributed by atoms with van der Waals surface area (Å²) in [6.07, 6.45) is -0.477. The number of hydrogen-bond acceptors (Lipinski definition) is 9. The van der Waals surface area contributed by atoms with Crippen molar-refractivity contribution in [2.45, 2.75) is 38.5 Å². The number of nitrogens with zero attached hydrogens (tertiary/aromatic N) is 1. The molecule has 2 saturated heterocycles. The monoisotopic (exact) mass is 388 g/mol. The highest BCUT2D eigenvalue weighted by Gasteiger charge is 2.35. The summed E-state index contributed by atoms with van der Waals surface area (Å²) in [5.74, 6) is -0.616. The average Bonchev–Trinajstić information content (AvgIpc) is 2.66. The molecule has 2 rings (SSSR count). The highest BCUT2D eigenvalue weighted by Crippen LogP contribution is 2.13. The van der Waals surface area contributed by atoms with Crippen LogP contribution in [0.2, 0.25) is 0 Å². The third-order valence-electron chi connectivity index (χ3n) is 3.87. The summed E-state index contributed by atoms with van der Waals surface area (Å²) >= 11 is 0. The first kappa shape index (κ1) is 23.1. The predicted molar refractivity (Wildman–Crippen MR) is 98.3 cm³/mol. The Hall–Kier alpha value is -1.91. The largest absolute Gasteiger partial charge is 0.468 e. The van der Waals surface area contributed by atoms with Crippen LogP contribution in [0.25, 0.3) is 0 Å². The highest BCUT2D eigenvalue weighted by molar-refractivity contribution is 5.82. The van der Waals surface area contributed by atoms with Gasteiger partial charge in [0.25, 0.3) is 0 Å². The number of amides is 1. The van der Waals surface area contributed by atoms with Crippen molar-refractivity contribution in [3.05, 3.63) is 0 Å². The second-order valence-corrected chi connectivity index (χ2v) is 7.15. The topological polar surface area (TPSA) is 118 Å². The lowest BCUT2D eigenvalue weighted by atomic mass is 10.2. The SMILES string of the molecule is COC(=O)C1CNCCN1.COC(=O)C1CNCCN1C(=O)OC(C)(C)C. The van der Waals surface area contributed by atoms with E-state index in [1.165, 1.54) is 19.1 Å². The molecule has 0 spiro atoms. The minimum Gasteiger partial charge on any atom is -0.468 e. The summed E-state index contributed by atoms with van der Waals surface area (Å²) in [5.41, 5.74) is -0.567. The quantitative estimate of drug-likeness (QED) is 0.408. The second kappa shape index (κ2) is 11.1. The number of ether oxygens (including phenoxy) is 3. The van der Waals surface area contributed by atoms with Gasteiger partial charge in [-0.25, -0.2) is 9.59 Å². The fraction of sp³-hybridized carbons (Fsp3) is 0.824. The molecule has 0 bridgehead atoms. The molecular weight excluding hydrogens is 356 g/mol. The predicted octanol–water partition coefficient (Wildman–Crippen LogP) is -0.911. The average molecular weight is 388 g/mol. The van der Waals surface area contributed by atoms with Crippen LogP contribution in [0.1, 0.15) is 20.8 Å². The van der Waals surface area contributed by atoms with Gasteiger partial charge >= 0.3 is 18.0 Å². The first-order chi connectivity index (χ1) is 12.7. The lowest BCUT2D eigenvalue weighted by Crippen LogP contribution is -2.58. The summed E-state index contributed by atoms with van der Waals surface area (Å²) in [6, 6.07) is -0.762. The Labute approximate surface area is 160 Å². The molecule has 0 aromatic heterocycles. The minimum absolute atomic E-state index is 0.154. The third kappa shape index (κ3) is 8.10. The van der Waals surface area contributed by atoms with Crippen molar-refractivity contribution in [3.63, 3.8) is 0 Å². The van der Waals surface area contributed by atoms with Crippen LogP contribution in [0.3, 0.4) is 0 Å². The fourth-order valence-electron chi connectivity index (χ4n) is 2.55. The first-order valence-corrected chi connectivity index (χ1v) is 8.99. The number of carbonyl (C=O) groups is 3. The van der Waals surface area contributed by atoms with E-state index in [0.29, 0.717) is 26.2 Å². The van der Waals surface area contributed by atoms with Crippen LogP contribution in [0.15, 0.2) is 0 Å².